The molecule has 0 aliphatic carbocycles. The molecule has 0 atom stereocenters. The van der Waals surface area contributed by atoms with Crippen LogP contribution < -0.4 is 10.5 Å². The van der Waals surface area contributed by atoms with E-state index in [4.69, 9.17) is 22.1 Å². The fourth-order valence-corrected chi connectivity index (χ4v) is 1.68. The summed E-state index contributed by atoms with van der Waals surface area (Å²) in [6.07, 6.45) is 0. The van der Waals surface area contributed by atoms with Crippen molar-refractivity contribution in [1.82, 2.24) is 0 Å². The third kappa shape index (κ3) is 2.93. The molecule has 0 saturated heterocycles. The summed E-state index contributed by atoms with van der Waals surface area (Å²) >= 11 is 5.92. The number of ether oxygens (including phenoxy) is 1. The first-order valence-electron chi connectivity index (χ1n) is 5.49. The van der Waals surface area contributed by atoms with E-state index in [0.717, 1.165) is 11.1 Å². The fraction of sp³-hybridized carbons (Fsp3) is 0.143. The number of hydrogen-bond acceptors (Lipinski definition) is 2. The van der Waals surface area contributed by atoms with Crippen LogP contribution in [0.3, 0.4) is 0 Å². The minimum Gasteiger partial charge on any atom is -0.489 e. The molecule has 2 nitrogen and oxygen atoms in total. The third-order valence-corrected chi connectivity index (χ3v) is 3.06. The minimum atomic E-state index is -0.349. The number of halogens is 2. The summed E-state index contributed by atoms with van der Waals surface area (Å²) in [6.45, 7) is 2.20. The summed E-state index contributed by atoms with van der Waals surface area (Å²) in [7, 11) is 0. The van der Waals surface area contributed by atoms with Crippen LogP contribution in [-0.4, -0.2) is 0 Å². The molecule has 0 aromatic heterocycles. The number of benzene rings is 2. The predicted molar refractivity (Wildman–Crippen MR) is 71.3 cm³/mol. The smallest absolute Gasteiger partial charge is 0.125 e. The van der Waals surface area contributed by atoms with E-state index in [1.165, 1.54) is 12.1 Å². The van der Waals surface area contributed by atoms with Gasteiger partial charge in [0.15, 0.2) is 0 Å². The average Bonchev–Trinajstić information content (AvgIpc) is 2.32. The second-order valence-corrected chi connectivity index (χ2v) is 4.45. The molecule has 0 amide bonds. The Hall–Kier alpha value is -1.74. The normalized spacial score (nSPS) is 10.4. The van der Waals surface area contributed by atoms with E-state index < -0.39 is 0 Å². The lowest BCUT2D eigenvalue weighted by Crippen LogP contribution is -2.00. The van der Waals surface area contributed by atoms with Crippen LogP contribution >= 0.6 is 11.6 Å². The zero-order chi connectivity index (χ0) is 13.1. The molecular weight excluding hydrogens is 253 g/mol. The zero-order valence-electron chi connectivity index (χ0n) is 9.91. The van der Waals surface area contributed by atoms with Gasteiger partial charge in [0.1, 0.15) is 18.2 Å². The topological polar surface area (TPSA) is 35.2 Å². The number of hydrogen-bond donors (Lipinski definition) is 1. The highest BCUT2D eigenvalue weighted by Crippen LogP contribution is 2.22. The van der Waals surface area contributed by atoms with E-state index >= 15 is 0 Å². The Kier molecular flexibility index (Phi) is 3.72. The standard InChI is InChI=1S/C14H13ClFNO/c1-9-6-12(4-5-13(9)15)18-8-10-2-3-11(16)7-14(10)17/h2-7H,8,17H2,1H3. The maximum atomic E-state index is 12.9. The predicted octanol–water partition coefficient (Wildman–Crippen LogP) is 3.95. The summed E-state index contributed by atoms with van der Waals surface area (Å²) in [5, 5.41) is 0.698. The molecule has 0 saturated carbocycles. The summed E-state index contributed by atoms with van der Waals surface area (Å²) in [5.74, 6) is 0.360. The molecule has 2 N–H and O–H groups in total. The van der Waals surface area contributed by atoms with Gasteiger partial charge in [0, 0.05) is 16.3 Å². The van der Waals surface area contributed by atoms with Crippen molar-refractivity contribution < 1.29 is 9.13 Å². The first-order chi connectivity index (χ1) is 8.56. The first kappa shape index (κ1) is 12.7. The molecule has 4 heteroatoms. The fourth-order valence-electron chi connectivity index (χ4n) is 1.57. The highest BCUT2D eigenvalue weighted by Gasteiger charge is 2.03. The molecule has 0 unspecified atom stereocenters. The molecule has 0 fully saturated rings. The second kappa shape index (κ2) is 5.27. The maximum Gasteiger partial charge on any atom is 0.125 e. The SMILES string of the molecule is Cc1cc(OCc2ccc(F)cc2N)ccc1Cl. The van der Waals surface area contributed by atoms with E-state index in [9.17, 15) is 4.39 Å². The quantitative estimate of drug-likeness (QED) is 0.853. The number of anilines is 1. The van der Waals surface area contributed by atoms with Crippen LogP contribution in [0.1, 0.15) is 11.1 Å². The first-order valence-corrected chi connectivity index (χ1v) is 5.87. The molecule has 0 aliphatic rings. The molecule has 2 rings (SSSR count). The van der Waals surface area contributed by atoms with Gasteiger partial charge in [-0.25, -0.2) is 4.39 Å². The van der Waals surface area contributed by atoms with Gasteiger partial charge in [-0.2, -0.15) is 0 Å². The van der Waals surface area contributed by atoms with Crippen molar-refractivity contribution in [3.05, 3.63) is 58.4 Å². The van der Waals surface area contributed by atoms with Gasteiger partial charge in [-0.05, 0) is 42.8 Å². The average molecular weight is 266 g/mol. The highest BCUT2D eigenvalue weighted by molar-refractivity contribution is 6.31. The van der Waals surface area contributed by atoms with Crippen molar-refractivity contribution in [2.24, 2.45) is 0 Å². The van der Waals surface area contributed by atoms with Gasteiger partial charge < -0.3 is 10.5 Å². The van der Waals surface area contributed by atoms with Crippen LogP contribution in [0.25, 0.3) is 0 Å². The van der Waals surface area contributed by atoms with E-state index in [1.807, 2.05) is 13.0 Å². The lowest BCUT2D eigenvalue weighted by atomic mass is 10.2. The Bertz CT molecular complexity index is 572. The summed E-state index contributed by atoms with van der Waals surface area (Å²) in [5.41, 5.74) is 7.79. The van der Waals surface area contributed by atoms with Crippen molar-refractivity contribution in [3.8, 4) is 5.75 Å². The third-order valence-electron chi connectivity index (χ3n) is 2.63. The van der Waals surface area contributed by atoms with Crippen LogP contribution in [0, 0.1) is 12.7 Å². The molecule has 2 aromatic carbocycles. The van der Waals surface area contributed by atoms with E-state index in [1.54, 1.807) is 18.2 Å². The second-order valence-electron chi connectivity index (χ2n) is 4.04. The highest BCUT2D eigenvalue weighted by atomic mass is 35.5. The van der Waals surface area contributed by atoms with Crippen molar-refractivity contribution >= 4 is 17.3 Å². The van der Waals surface area contributed by atoms with Gasteiger partial charge in [-0.1, -0.05) is 17.7 Å². The van der Waals surface area contributed by atoms with Crippen molar-refractivity contribution in [3.63, 3.8) is 0 Å². The Morgan fingerprint density at radius 3 is 2.67 bits per heavy atom. The monoisotopic (exact) mass is 265 g/mol. The van der Waals surface area contributed by atoms with Crippen LogP contribution in [0.15, 0.2) is 36.4 Å². The molecule has 0 spiro atoms. The van der Waals surface area contributed by atoms with Crippen molar-refractivity contribution in [2.45, 2.75) is 13.5 Å². The van der Waals surface area contributed by atoms with Gasteiger partial charge in [0.05, 0.1) is 0 Å². The largest absolute Gasteiger partial charge is 0.489 e. The van der Waals surface area contributed by atoms with Gasteiger partial charge >= 0.3 is 0 Å². The number of rotatable bonds is 3. The number of nitrogen functional groups attached to an aromatic ring is 1. The molecule has 0 aliphatic heterocycles. The number of nitrogens with two attached hydrogens (primary N) is 1. The number of aryl methyl sites for hydroxylation is 1. The molecule has 2 aromatic rings. The van der Waals surface area contributed by atoms with E-state index in [2.05, 4.69) is 0 Å². The van der Waals surface area contributed by atoms with Gasteiger partial charge in [0.25, 0.3) is 0 Å². The van der Waals surface area contributed by atoms with Gasteiger partial charge in [0.2, 0.25) is 0 Å². The molecular formula is C14H13ClFNO. The van der Waals surface area contributed by atoms with Crippen molar-refractivity contribution in [2.75, 3.05) is 5.73 Å². The van der Waals surface area contributed by atoms with Crippen molar-refractivity contribution in [1.29, 1.82) is 0 Å². The molecule has 0 radical (unpaired) electrons. The van der Waals surface area contributed by atoms with E-state index in [0.29, 0.717) is 23.1 Å². The minimum absolute atomic E-state index is 0.299. The van der Waals surface area contributed by atoms with Gasteiger partial charge in [-0.15, -0.1) is 0 Å². The van der Waals surface area contributed by atoms with Crippen LogP contribution in [-0.2, 0) is 6.61 Å². The lowest BCUT2D eigenvalue weighted by molar-refractivity contribution is 0.306. The Labute approximate surface area is 110 Å². The van der Waals surface area contributed by atoms with Crippen LogP contribution in [0.2, 0.25) is 5.02 Å². The summed E-state index contributed by atoms with van der Waals surface area (Å²) in [6, 6.07) is 9.68. The van der Waals surface area contributed by atoms with Crippen LogP contribution in [0.4, 0.5) is 10.1 Å². The molecule has 18 heavy (non-hydrogen) atoms. The Morgan fingerprint density at radius 1 is 1.22 bits per heavy atom. The Morgan fingerprint density at radius 2 is 2.00 bits per heavy atom. The molecule has 0 heterocycles. The molecule has 0 bridgehead atoms. The Balaban J connectivity index is 2.09. The van der Waals surface area contributed by atoms with E-state index in [-0.39, 0.29) is 5.82 Å². The molecule has 94 valence electrons. The summed E-state index contributed by atoms with van der Waals surface area (Å²) in [4.78, 5) is 0. The van der Waals surface area contributed by atoms with Gasteiger partial charge in [-0.3, -0.25) is 0 Å². The maximum absolute atomic E-state index is 12.9. The summed E-state index contributed by atoms with van der Waals surface area (Å²) < 4.78 is 18.5. The lowest BCUT2D eigenvalue weighted by Gasteiger charge is -2.09. The zero-order valence-corrected chi connectivity index (χ0v) is 10.7. The van der Waals surface area contributed by atoms with Crippen LogP contribution in [0.5, 0.6) is 5.75 Å².